The number of ether oxygens (including phenoxy) is 2. The van der Waals surface area contributed by atoms with Crippen LogP contribution in [-0.4, -0.2) is 29.6 Å². The number of hydrogen-bond donors (Lipinski definition) is 1. The van der Waals surface area contributed by atoms with E-state index in [9.17, 15) is 9.59 Å². The Kier molecular flexibility index (Phi) is 4.53. The van der Waals surface area contributed by atoms with E-state index in [0.717, 1.165) is 0 Å². The van der Waals surface area contributed by atoms with Gasteiger partial charge in [-0.15, -0.1) is 0 Å². The van der Waals surface area contributed by atoms with Crippen LogP contribution < -0.4 is 0 Å². The van der Waals surface area contributed by atoms with Crippen molar-refractivity contribution >= 4 is 11.9 Å². The van der Waals surface area contributed by atoms with Gasteiger partial charge in [0.1, 0.15) is 5.60 Å². The SMILES string of the molecule is COC(=O)c1cc[nH]c1CCC(=O)OC(C)(C)C. The lowest BCUT2D eigenvalue weighted by atomic mass is 10.1. The molecule has 0 atom stereocenters. The summed E-state index contributed by atoms with van der Waals surface area (Å²) in [6.07, 6.45) is 2.30. The molecule has 1 aromatic heterocycles. The van der Waals surface area contributed by atoms with E-state index in [4.69, 9.17) is 4.74 Å². The molecule has 100 valence electrons. The van der Waals surface area contributed by atoms with Gasteiger partial charge in [0.15, 0.2) is 0 Å². The molecule has 1 aromatic rings. The van der Waals surface area contributed by atoms with Gasteiger partial charge in [-0.2, -0.15) is 0 Å². The van der Waals surface area contributed by atoms with Gasteiger partial charge >= 0.3 is 11.9 Å². The summed E-state index contributed by atoms with van der Waals surface area (Å²) in [5, 5.41) is 0. The van der Waals surface area contributed by atoms with Crippen LogP contribution in [0.1, 0.15) is 43.2 Å². The van der Waals surface area contributed by atoms with Crippen molar-refractivity contribution in [1.82, 2.24) is 4.98 Å². The molecule has 0 aliphatic heterocycles. The minimum Gasteiger partial charge on any atom is -0.465 e. The van der Waals surface area contributed by atoms with Crippen molar-refractivity contribution in [2.75, 3.05) is 7.11 Å². The molecule has 0 spiro atoms. The Labute approximate surface area is 106 Å². The number of aryl methyl sites for hydroxylation is 1. The molecule has 5 nitrogen and oxygen atoms in total. The van der Waals surface area contributed by atoms with Crippen LogP contribution in [0.25, 0.3) is 0 Å². The van der Waals surface area contributed by atoms with E-state index >= 15 is 0 Å². The van der Waals surface area contributed by atoms with E-state index in [1.54, 1.807) is 12.3 Å². The standard InChI is InChI=1S/C13H19NO4/c1-13(2,3)18-11(15)6-5-10-9(7-8-14-10)12(16)17-4/h7-8,14H,5-6H2,1-4H3. The number of esters is 2. The average molecular weight is 253 g/mol. The molecule has 0 aliphatic rings. The van der Waals surface area contributed by atoms with Gasteiger partial charge in [0.05, 0.1) is 19.1 Å². The third-order valence-corrected chi connectivity index (χ3v) is 2.24. The molecule has 1 N–H and O–H groups in total. The largest absolute Gasteiger partial charge is 0.465 e. The van der Waals surface area contributed by atoms with Crippen molar-refractivity contribution in [1.29, 1.82) is 0 Å². The molecule has 0 aliphatic carbocycles. The summed E-state index contributed by atoms with van der Waals surface area (Å²) in [6.45, 7) is 5.46. The fraction of sp³-hybridized carbons (Fsp3) is 0.538. The zero-order valence-corrected chi connectivity index (χ0v) is 11.2. The lowest BCUT2D eigenvalue weighted by molar-refractivity contribution is -0.154. The normalized spacial score (nSPS) is 11.1. The zero-order valence-electron chi connectivity index (χ0n) is 11.2. The van der Waals surface area contributed by atoms with Gasteiger partial charge in [-0.1, -0.05) is 0 Å². The first-order valence-electron chi connectivity index (χ1n) is 5.80. The van der Waals surface area contributed by atoms with Gasteiger partial charge in [0.25, 0.3) is 0 Å². The molecule has 0 radical (unpaired) electrons. The third kappa shape index (κ3) is 4.24. The molecule has 1 heterocycles. The first kappa shape index (κ1) is 14.3. The molecule has 0 amide bonds. The maximum atomic E-state index is 11.6. The number of methoxy groups -OCH3 is 1. The third-order valence-electron chi connectivity index (χ3n) is 2.24. The van der Waals surface area contributed by atoms with Gasteiger partial charge < -0.3 is 14.5 Å². The minimum atomic E-state index is -0.488. The smallest absolute Gasteiger partial charge is 0.339 e. The van der Waals surface area contributed by atoms with Crippen LogP contribution in [0.15, 0.2) is 12.3 Å². The molecule has 18 heavy (non-hydrogen) atoms. The Balaban J connectivity index is 2.57. The first-order valence-corrected chi connectivity index (χ1v) is 5.80. The molecule has 0 saturated carbocycles. The van der Waals surface area contributed by atoms with Crippen LogP contribution in [0.2, 0.25) is 0 Å². The quantitative estimate of drug-likeness (QED) is 0.834. The van der Waals surface area contributed by atoms with Gasteiger partial charge in [-0.3, -0.25) is 4.79 Å². The second-order valence-electron chi connectivity index (χ2n) is 4.95. The highest BCUT2D eigenvalue weighted by atomic mass is 16.6. The Morgan fingerprint density at radius 3 is 2.56 bits per heavy atom. The number of carbonyl (C=O) groups excluding carboxylic acids is 2. The Bertz CT molecular complexity index is 428. The zero-order chi connectivity index (χ0) is 13.8. The van der Waals surface area contributed by atoms with Crippen molar-refractivity contribution in [2.45, 2.75) is 39.2 Å². The maximum absolute atomic E-state index is 11.6. The molecule has 0 bridgehead atoms. The average Bonchev–Trinajstić information content (AvgIpc) is 2.71. The highest BCUT2D eigenvalue weighted by Gasteiger charge is 2.18. The number of carbonyl (C=O) groups is 2. The first-order chi connectivity index (χ1) is 8.33. The monoisotopic (exact) mass is 253 g/mol. The molecule has 1 rings (SSSR count). The van der Waals surface area contributed by atoms with Crippen LogP contribution in [0.3, 0.4) is 0 Å². The van der Waals surface area contributed by atoms with Crippen molar-refractivity contribution < 1.29 is 19.1 Å². The molecule has 0 saturated heterocycles. The predicted molar refractivity (Wildman–Crippen MR) is 66.3 cm³/mol. The summed E-state index contributed by atoms with van der Waals surface area (Å²) in [5.74, 6) is -0.691. The summed E-state index contributed by atoms with van der Waals surface area (Å²) in [4.78, 5) is 25.9. The minimum absolute atomic E-state index is 0.224. The van der Waals surface area contributed by atoms with Crippen LogP contribution in [0.4, 0.5) is 0 Å². The highest BCUT2D eigenvalue weighted by Crippen LogP contribution is 2.13. The van der Waals surface area contributed by atoms with Gasteiger partial charge in [-0.05, 0) is 33.3 Å². The lowest BCUT2D eigenvalue weighted by Gasteiger charge is -2.19. The molecular formula is C13H19NO4. The van der Waals surface area contributed by atoms with E-state index in [2.05, 4.69) is 9.72 Å². The van der Waals surface area contributed by atoms with Crippen LogP contribution in [0, 0.1) is 0 Å². The van der Waals surface area contributed by atoms with E-state index in [0.29, 0.717) is 17.7 Å². The van der Waals surface area contributed by atoms with Crippen molar-refractivity contribution in [3.63, 3.8) is 0 Å². The number of hydrogen-bond acceptors (Lipinski definition) is 4. The van der Waals surface area contributed by atoms with E-state index < -0.39 is 11.6 Å². The maximum Gasteiger partial charge on any atom is 0.339 e. The fourth-order valence-electron chi connectivity index (χ4n) is 1.53. The summed E-state index contributed by atoms with van der Waals surface area (Å²) < 4.78 is 9.84. The number of aromatic amines is 1. The molecule has 0 fully saturated rings. The fourth-order valence-corrected chi connectivity index (χ4v) is 1.53. The second-order valence-corrected chi connectivity index (χ2v) is 4.95. The van der Waals surface area contributed by atoms with Gasteiger partial charge in [0, 0.05) is 11.9 Å². The number of aromatic nitrogens is 1. The van der Waals surface area contributed by atoms with Gasteiger partial charge in [-0.25, -0.2) is 4.79 Å². The van der Waals surface area contributed by atoms with Crippen molar-refractivity contribution in [2.24, 2.45) is 0 Å². The van der Waals surface area contributed by atoms with Crippen molar-refractivity contribution in [3.8, 4) is 0 Å². The summed E-state index contributed by atoms with van der Waals surface area (Å²) in [7, 11) is 1.33. The highest BCUT2D eigenvalue weighted by molar-refractivity contribution is 5.90. The van der Waals surface area contributed by atoms with Crippen LogP contribution >= 0.6 is 0 Å². The van der Waals surface area contributed by atoms with Crippen LogP contribution in [0.5, 0.6) is 0 Å². The molecular weight excluding hydrogens is 234 g/mol. The summed E-state index contributed by atoms with van der Waals surface area (Å²) in [5.41, 5.74) is 0.659. The topological polar surface area (TPSA) is 68.4 Å². The molecule has 0 aromatic carbocycles. The van der Waals surface area contributed by atoms with E-state index in [1.807, 2.05) is 20.8 Å². The molecule has 0 unspecified atom stereocenters. The lowest BCUT2D eigenvalue weighted by Crippen LogP contribution is -2.24. The Hall–Kier alpha value is -1.78. The van der Waals surface area contributed by atoms with Crippen molar-refractivity contribution in [3.05, 3.63) is 23.5 Å². The second kappa shape index (κ2) is 5.71. The molecule has 5 heteroatoms. The predicted octanol–water partition coefficient (Wildman–Crippen LogP) is 2.08. The van der Waals surface area contributed by atoms with E-state index in [1.165, 1.54) is 7.11 Å². The summed E-state index contributed by atoms with van der Waals surface area (Å²) >= 11 is 0. The number of rotatable bonds is 4. The summed E-state index contributed by atoms with van der Waals surface area (Å²) in [6, 6.07) is 1.64. The number of nitrogens with one attached hydrogen (secondary N) is 1. The van der Waals surface area contributed by atoms with E-state index in [-0.39, 0.29) is 12.4 Å². The van der Waals surface area contributed by atoms with Gasteiger partial charge in [0.2, 0.25) is 0 Å². The Morgan fingerprint density at radius 2 is 2.00 bits per heavy atom. The number of H-pyrrole nitrogens is 1. The Morgan fingerprint density at radius 1 is 1.33 bits per heavy atom. The van der Waals surface area contributed by atoms with Crippen LogP contribution in [-0.2, 0) is 20.7 Å².